The van der Waals surface area contributed by atoms with Crippen molar-refractivity contribution in [2.24, 2.45) is 0 Å². The highest BCUT2D eigenvalue weighted by Gasteiger charge is 2.61. The Morgan fingerprint density at radius 1 is 1.38 bits per heavy atom. The number of hydrogen-bond donors (Lipinski definition) is 0. The van der Waals surface area contributed by atoms with Crippen LogP contribution in [0.25, 0.3) is 0 Å². The molecule has 1 aromatic rings. The molecule has 3 atom stereocenters. The summed E-state index contributed by atoms with van der Waals surface area (Å²) in [5, 5.41) is 0. The highest BCUT2D eigenvalue weighted by molar-refractivity contribution is 7.89. The summed E-state index contributed by atoms with van der Waals surface area (Å²) in [4.78, 5) is 12.2. The van der Waals surface area contributed by atoms with E-state index in [9.17, 15) is 13.2 Å². The molecule has 21 heavy (non-hydrogen) atoms. The van der Waals surface area contributed by atoms with Crippen molar-refractivity contribution < 1.29 is 22.7 Å². The molecule has 6 nitrogen and oxygen atoms in total. The fourth-order valence-electron chi connectivity index (χ4n) is 2.61. The number of nitrogens with zero attached hydrogens (tertiary/aromatic N) is 1. The van der Waals surface area contributed by atoms with E-state index >= 15 is 0 Å². The van der Waals surface area contributed by atoms with Crippen molar-refractivity contribution in [1.29, 1.82) is 0 Å². The number of rotatable bonds is 4. The number of carbonyl (C=O) groups is 1. The zero-order chi connectivity index (χ0) is 15.2. The third kappa shape index (κ3) is 2.45. The number of epoxide rings is 1. The molecule has 0 aromatic heterocycles. The molecule has 0 spiro atoms. The summed E-state index contributed by atoms with van der Waals surface area (Å²) in [5.74, 6) is -0.543. The Kier molecular flexibility index (Phi) is 3.51. The molecule has 2 heterocycles. The van der Waals surface area contributed by atoms with E-state index in [0.29, 0.717) is 0 Å². The molecule has 2 saturated heterocycles. The lowest BCUT2D eigenvalue weighted by Gasteiger charge is -2.24. The SMILES string of the molecule is CCOC(=O)[C@H]1[C@H]2O[C@H]2CN1S(=O)(=O)c1ccc(C)cc1. The van der Waals surface area contributed by atoms with Gasteiger partial charge in [-0.2, -0.15) is 4.31 Å². The van der Waals surface area contributed by atoms with Gasteiger partial charge in [0.2, 0.25) is 10.0 Å². The number of esters is 1. The number of benzene rings is 1. The molecule has 0 bridgehead atoms. The summed E-state index contributed by atoms with van der Waals surface area (Å²) in [6.07, 6.45) is -0.566. The Balaban J connectivity index is 1.91. The van der Waals surface area contributed by atoms with Crippen LogP contribution in [0.4, 0.5) is 0 Å². The van der Waals surface area contributed by atoms with Crippen LogP contribution in [0.15, 0.2) is 29.2 Å². The monoisotopic (exact) mass is 311 g/mol. The molecule has 0 unspecified atom stereocenters. The second-order valence-electron chi connectivity index (χ2n) is 5.22. The van der Waals surface area contributed by atoms with Crippen LogP contribution in [0.5, 0.6) is 0 Å². The van der Waals surface area contributed by atoms with Crippen LogP contribution in [0.3, 0.4) is 0 Å². The minimum Gasteiger partial charge on any atom is -0.465 e. The van der Waals surface area contributed by atoms with Gasteiger partial charge in [0.25, 0.3) is 0 Å². The molecule has 0 aliphatic carbocycles. The average Bonchev–Trinajstić information content (AvgIpc) is 3.09. The lowest BCUT2D eigenvalue weighted by molar-refractivity contribution is -0.148. The second-order valence-corrected chi connectivity index (χ2v) is 7.11. The van der Waals surface area contributed by atoms with Gasteiger partial charge in [-0.05, 0) is 26.0 Å². The molecular weight excluding hydrogens is 294 g/mol. The fraction of sp³-hybridized carbons (Fsp3) is 0.500. The molecule has 2 fully saturated rings. The predicted molar refractivity (Wildman–Crippen MR) is 74.2 cm³/mol. The summed E-state index contributed by atoms with van der Waals surface area (Å²) >= 11 is 0. The zero-order valence-electron chi connectivity index (χ0n) is 11.9. The second kappa shape index (κ2) is 5.08. The van der Waals surface area contributed by atoms with Crippen LogP contribution in [0, 0.1) is 6.92 Å². The van der Waals surface area contributed by atoms with Gasteiger partial charge in [-0.3, -0.25) is 4.79 Å². The van der Waals surface area contributed by atoms with Gasteiger partial charge in [-0.15, -0.1) is 0 Å². The minimum absolute atomic E-state index is 0.184. The molecule has 0 radical (unpaired) electrons. The van der Waals surface area contributed by atoms with Crippen LogP contribution >= 0.6 is 0 Å². The van der Waals surface area contributed by atoms with E-state index < -0.39 is 22.0 Å². The van der Waals surface area contributed by atoms with Gasteiger partial charge in [-0.25, -0.2) is 8.42 Å². The maximum Gasteiger partial charge on any atom is 0.327 e. The van der Waals surface area contributed by atoms with Crippen LogP contribution < -0.4 is 0 Å². The van der Waals surface area contributed by atoms with Crippen LogP contribution in [0.1, 0.15) is 12.5 Å². The van der Waals surface area contributed by atoms with Gasteiger partial charge in [0, 0.05) is 6.54 Å². The molecule has 7 heteroatoms. The Hall–Kier alpha value is -1.44. The molecule has 1 aromatic carbocycles. The quantitative estimate of drug-likeness (QED) is 0.604. The highest BCUT2D eigenvalue weighted by atomic mass is 32.2. The Labute approximate surface area is 123 Å². The first-order valence-electron chi connectivity index (χ1n) is 6.85. The third-order valence-electron chi connectivity index (χ3n) is 3.76. The van der Waals surface area contributed by atoms with Gasteiger partial charge in [0.15, 0.2) is 6.04 Å². The first kappa shape index (κ1) is 14.5. The molecular formula is C14H17NO5S. The maximum atomic E-state index is 12.7. The van der Waals surface area contributed by atoms with Crippen molar-refractivity contribution >= 4 is 16.0 Å². The number of ether oxygens (including phenoxy) is 2. The van der Waals surface area contributed by atoms with Crippen molar-refractivity contribution in [3.8, 4) is 0 Å². The number of carbonyl (C=O) groups excluding carboxylic acids is 1. The van der Waals surface area contributed by atoms with E-state index in [0.717, 1.165) is 5.56 Å². The van der Waals surface area contributed by atoms with E-state index in [1.807, 2.05) is 6.92 Å². The maximum absolute atomic E-state index is 12.7. The summed E-state index contributed by atoms with van der Waals surface area (Å²) < 4.78 is 36.9. The molecule has 2 aliphatic rings. The standard InChI is InChI=1S/C14H17NO5S/c1-3-19-14(16)12-13-11(20-13)8-15(12)21(17,18)10-6-4-9(2)5-7-10/h4-7,11-13H,3,8H2,1-2H3/t11-,12+,13-/m0/s1. The van der Waals surface area contributed by atoms with Gasteiger partial charge < -0.3 is 9.47 Å². The Bertz CT molecular complexity index is 654. The van der Waals surface area contributed by atoms with E-state index in [-0.39, 0.29) is 30.3 Å². The first-order chi connectivity index (χ1) is 9.95. The Morgan fingerprint density at radius 2 is 2.05 bits per heavy atom. The van der Waals surface area contributed by atoms with E-state index in [4.69, 9.17) is 9.47 Å². The number of fused-ring (bicyclic) bond motifs is 1. The highest BCUT2D eigenvalue weighted by Crippen LogP contribution is 2.40. The van der Waals surface area contributed by atoms with Crippen LogP contribution in [-0.4, -0.2) is 50.1 Å². The summed E-state index contributed by atoms with van der Waals surface area (Å²) in [6.45, 7) is 3.99. The number of sulfonamides is 1. The fourth-order valence-corrected chi connectivity index (χ4v) is 4.21. The molecule has 0 N–H and O–H groups in total. The van der Waals surface area contributed by atoms with Crippen molar-refractivity contribution in [2.45, 2.75) is 37.0 Å². The minimum atomic E-state index is -3.72. The van der Waals surface area contributed by atoms with E-state index in [1.54, 1.807) is 31.2 Å². The van der Waals surface area contributed by atoms with Crippen molar-refractivity contribution in [3.63, 3.8) is 0 Å². The predicted octanol–water partition coefficient (Wildman–Crippen LogP) is 0.698. The number of aryl methyl sites for hydroxylation is 1. The Morgan fingerprint density at radius 3 is 2.67 bits per heavy atom. The molecule has 3 rings (SSSR count). The van der Waals surface area contributed by atoms with Crippen molar-refractivity contribution in [3.05, 3.63) is 29.8 Å². The van der Waals surface area contributed by atoms with Crippen LogP contribution in [-0.2, 0) is 24.3 Å². The first-order valence-corrected chi connectivity index (χ1v) is 8.29. The number of morpholine rings is 1. The smallest absolute Gasteiger partial charge is 0.327 e. The van der Waals surface area contributed by atoms with Gasteiger partial charge >= 0.3 is 5.97 Å². The summed E-state index contributed by atoms with van der Waals surface area (Å²) in [7, 11) is -3.72. The lowest BCUT2D eigenvalue weighted by Crippen LogP contribution is -2.45. The lowest BCUT2D eigenvalue weighted by atomic mass is 10.2. The summed E-state index contributed by atoms with van der Waals surface area (Å²) in [5.41, 5.74) is 0.975. The van der Waals surface area contributed by atoms with Crippen LogP contribution in [0.2, 0.25) is 0 Å². The van der Waals surface area contributed by atoms with E-state index in [2.05, 4.69) is 0 Å². The van der Waals surface area contributed by atoms with Crippen molar-refractivity contribution in [2.75, 3.05) is 13.2 Å². The topological polar surface area (TPSA) is 76.2 Å². The molecule has 0 amide bonds. The van der Waals surface area contributed by atoms with E-state index in [1.165, 1.54) is 4.31 Å². The normalized spacial score (nSPS) is 28.2. The third-order valence-corrected chi connectivity index (χ3v) is 5.62. The largest absolute Gasteiger partial charge is 0.465 e. The average molecular weight is 311 g/mol. The zero-order valence-corrected chi connectivity index (χ0v) is 12.7. The number of hydrogen-bond acceptors (Lipinski definition) is 5. The molecule has 0 saturated carbocycles. The molecule has 2 aliphatic heterocycles. The summed E-state index contributed by atoms with van der Waals surface area (Å²) in [6, 6.07) is 5.70. The molecule has 114 valence electrons. The van der Waals surface area contributed by atoms with Crippen molar-refractivity contribution in [1.82, 2.24) is 4.31 Å². The van der Waals surface area contributed by atoms with Gasteiger partial charge in [0.05, 0.1) is 11.5 Å². The van der Waals surface area contributed by atoms with Gasteiger partial charge in [0.1, 0.15) is 12.2 Å². The van der Waals surface area contributed by atoms with Gasteiger partial charge in [-0.1, -0.05) is 17.7 Å².